The molecule has 136 valence electrons. The number of nitrogens with zero attached hydrogens (tertiary/aromatic N) is 3. The number of hydrogen-bond acceptors (Lipinski definition) is 9. The quantitative estimate of drug-likeness (QED) is 0.467. The summed E-state index contributed by atoms with van der Waals surface area (Å²) in [5.74, 6) is 0.481. The summed E-state index contributed by atoms with van der Waals surface area (Å²) >= 11 is 2.90. The van der Waals surface area contributed by atoms with Gasteiger partial charge in [-0.15, -0.1) is 10.2 Å². The Morgan fingerprint density at radius 3 is 3.00 bits per heavy atom. The number of anilines is 1. The number of aromatic nitrogens is 4. The first-order valence-corrected chi connectivity index (χ1v) is 9.72. The predicted molar refractivity (Wildman–Crippen MR) is 102 cm³/mol. The van der Waals surface area contributed by atoms with Gasteiger partial charge in [0.2, 0.25) is 5.13 Å². The van der Waals surface area contributed by atoms with Crippen molar-refractivity contribution < 1.29 is 9.53 Å². The Bertz CT molecular complexity index is 985. The van der Waals surface area contributed by atoms with Gasteiger partial charge in [-0.2, -0.15) is 0 Å². The number of hydrogen-bond donors (Lipinski definition) is 2. The van der Waals surface area contributed by atoms with Crippen molar-refractivity contribution in [1.82, 2.24) is 20.2 Å². The minimum Gasteiger partial charge on any atom is -0.465 e. The van der Waals surface area contributed by atoms with E-state index in [0.717, 1.165) is 22.4 Å². The molecule has 8 nitrogen and oxygen atoms in total. The predicted octanol–water partition coefficient (Wildman–Crippen LogP) is 2.68. The Morgan fingerprint density at radius 2 is 2.23 bits per heavy atom. The average Bonchev–Trinajstić information content (AvgIpc) is 3.11. The fourth-order valence-corrected chi connectivity index (χ4v) is 3.85. The van der Waals surface area contributed by atoms with Gasteiger partial charge in [-0.05, 0) is 24.6 Å². The molecular formula is C16H17N5O3S2. The SMILES string of the molecule is CCCNc1nnc(SCc2nc3cc(C(=O)OC)ccc3c(=O)[nH]2)s1. The second-order valence-corrected chi connectivity index (χ2v) is 7.52. The van der Waals surface area contributed by atoms with Gasteiger partial charge in [0.05, 0.1) is 29.3 Å². The van der Waals surface area contributed by atoms with Gasteiger partial charge in [0, 0.05) is 6.54 Å². The van der Waals surface area contributed by atoms with Gasteiger partial charge in [0.15, 0.2) is 4.34 Å². The Balaban J connectivity index is 1.78. The van der Waals surface area contributed by atoms with Crippen molar-refractivity contribution in [2.75, 3.05) is 19.0 Å². The zero-order chi connectivity index (χ0) is 18.5. The number of aromatic amines is 1. The van der Waals surface area contributed by atoms with Crippen LogP contribution in [0.2, 0.25) is 0 Å². The van der Waals surface area contributed by atoms with Crippen LogP contribution in [0.1, 0.15) is 29.5 Å². The standard InChI is InChI=1S/C16H17N5O3S2/c1-3-6-17-15-20-21-16(26-15)25-8-12-18-11-7-9(14(23)24-2)4-5-10(11)13(22)19-12/h4-5,7H,3,6,8H2,1-2H3,(H,17,20)(H,18,19,22). The van der Waals surface area contributed by atoms with Gasteiger partial charge < -0.3 is 15.0 Å². The molecule has 10 heteroatoms. The molecule has 0 saturated heterocycles. The van der Waals surface area contributed by atoms with Crippen molar-refractivity contribution in [3.8, 4) is 0 Å². The number of carbonyl (C=O) groups excluding carboxylic acids is 1. The van der Waals surface area contributed by atoms with Crippen LogP contribution in [0.25, 0.3) is 10.9 Å². The van der Waals surface area contributed by atoms with E-state index < -0.39 is 5.97 Å². The van der Waals surface area contributed by atoms with Gasteiger partial charge in [0.1, 0.15) is 5.82 Å². The van der Waals surface area contributed by atoms with E-state index in [4.69, 9.17) is 4.74 Å². The lowest BCUT2D eigenvalue weighted by Gasteiger charge is -2.04. The van der Waals surface area contributed by atoms with Crippen molar-refractivity contribution >= 4 is 45.1 Å². The van der Waals surface area contributed by atoms with Crippen LogP contribution in [0, 0.1) is 0 Å². The molecule has 0 radical (unpaired) electrons. The molecule has 0 spiro atoms. The number of ether oxygens (including phenoxy) is 1. The molecule has 0 aliphatic heterocycles. The molecular weight excluding hydrogens is 374 g/mol. The smallest absolute Gasteiger partial charge is 0.337 e. The summed E-state index contributed by atoms with van der Waals surface area (Å²) < 4.78 is 5.49. The van der Waals surface area contributed by atoms with E-state index >= 15 is 0 Å². The van der Waals surface area contributed by atoms with Crippen LogP contribution in [-0.2, 0) is 10.5 Å². The fourth-order valence-electron chi connectivity index (χ4n) is 2.20. The monoisotopic (exact) mass is 391 g/mol. The van der Waals surface area contributed by atoms with Crippen LogP contribution in [0.3, 0.4) is 0 Å². The number of benzene rings is 1. The molecule has 0 amide bonds. The van der Waals surface area contributed by atoms with Gasteiger partial charge in [-0.1, -0.05) is 30.0 Å². The van der Waals surface area contributed by atoms with E-state index in [1.54, 1.807) is 18.2 Å². The first-order valence-electron chi connectivity index (χ1n) is 7.92. The number of carbonyl (C=O) groups is 1. The van der Waals surface area contributed by atoms with E-state index in [2.05, 4.69) is 32.4 Å². The Kier molecular flexibility index (Phi) is 5.84. The lowest BCUT2D eigenvalue weighted by atomic mass is 10.1. The number of thioether (sulfide) groups is 1. The molecule has 1 aromatic carbocycles. The van der Waals surface area contributed by atoms with Crippen LogP contribution >= 0.6 is 23.1 Å². The van der Waals surface area contributed by atoms with Crippen LogP contribution in [0.4, 0.5) is 5.13 Å². The highest BCUT2D eigenvalue weighted by Crippen LogP contribution is 2.27. The second kappa shape index (κ2) is 8.28. The molecule has 2 N–H and O–H groups in total. The zero-order valence-corrected chi connectivity index (χ0v) is 15.9. The van der Waals surface area contributed by atoms with Crippen molar-refractivity contribution in [2.45, 2.75) is 23.4 Å². The van der Waals surface area contributed by atoms with E-state index in [-0.39, 0.29) is 5.56 Å². The number of nitrogens with one attached hydrogen (secondary N) is 2. The van der Waals surface area contributed by atoms with Crippen molar-refractivity contribution in [3.05, 3.63) is 39.9 Å². The Labute approximate surface area is 157 Å². The maximum atomic E-state index is 12.2. The van der Waals surface area contributed by atoms with E-state index in [9.17, 15) is 9.59 Å². The highest BCUT2D eigenvalue weighted by molar-refractivity contribution is 8.00. The van der Waals surface area contributed by atoms with Crippen molar-refractivity contribution in [3.63, 3.8) is 0 Å². The van der Waals surface area contributed by atoms with Gasteiger partial charge in [0.25, 0.3) is 5.56 Å². The minimum atomic E-state index is -0.467. The summed E-state index contributed by atoms with van der Waals surface area (Å²) in [6, 6.07) is 4.68. The third kappa shape index (κ3) is 4.20. The van der Waals surface area contributed by atoms with Crippen LogP contribution in [-0.4, -0.2) is 39.8 Å². The van der Waals surface area contributed by atoms with Crippen LogP contribution < -0.4 is 10.9 Å². The Hall–Kier alpha value is -2.46. The molecule has 0 fully saturated rings. The molecule has 0 bridgehead atoms. The molecule has 0 saturated carbocycles. The summed E-state index contributed by atoms with van der Waals surface area (Å²) in [5, 5.41) is 12.6. The summed E-state index contributed by atoms with van der Waals surface area (Å²) in [4.78, 5) is 31.1. The normalized spacial score (nSPS) is 10.8. The number of H-pyrrole nitrogens is 1. The third-order valence-corrected chi connectivity index (χ3v) is 5.47. The van der Waals surface area contributed by atoms with Crippen molar-refractivity contribution in [2.24, 2.45) is 0 Å². The summed E-state index contributed by atoms with van der Waals surface area (Å²) in [6.45, 7) is 2.93. The van der Waals surface area contributed by atoms with Gasteiger partial charge in [-0.3, -0.25) is 4.79 Å². The molecule has 0 unspecified atom stereocenters. The number of methoxy groups -OCH3 is 1. The summed E-state index contributed by atoms with van der Waals surface area (Å²) in [5.41, 5.74) is 0.562. The number of fused-ring (bicyclic) bond motifs is 1. The molecule has 2 aromatic heterocycles. The van der Waals surface area contributed by atoms with Gasteiger partial charge >= 0.3 is 5.97 Å². The molecule has 3 rings (SSSR count). The van der Waals surface area contributed by atoms with Crippen LogP contribution in [0.5, 0.6) is 0 Å². The van der Waals surface area contributed by atoms with E-state index in [0.29, 0.717) is 28.0 Å². The molecule has 0 atom stereocenters. The maximum absolute atomic E-state index is 12.2. The second-order valence-electron chi connectivity index (χ2n) is 5.32. The minimum absolute atomic E-state index is 0.246. The highest BCUT2D eigenvalue weighted by atomic mass is 32.2. The fraction of sp³-hybridized carbons (Fsp3) is 0.312. The highest BCUT2D eigenvalue weighted by Gasteiger charge is 2.11. The molecule has 0 aliphatic rings. The number of esters is 1. The average molecular weight is 391 g/mol. The molecule has 3 aromatic rings. The first kappa shape index (κ1) is 18.3. The summed E-state index contributed by atoms with van der Waals surface area (Å²) in [7, 11) is 1.31. The largest absolute Gasteiger partial charge is 0.465 e. The lowest BCUT2D eigenvalue weighted by molar-refractivity contribution is 0.0601. The Morgan fingerprint density at radius 1 is 1.38 bits per heavy atom. The molecule has 2 heterocycles. The van der Waals surface area contributed by atoms with E-state index in [1.165, 1.54) is 30.2 Å². The maximum Gasteiger partial charge on any atom is 0.337 e. The van der Waals surface area contributed by atoms with Crippen LogP contribution in [0.15, 0.2) is 27.3 Å². The molecule has 26 heavy (non-hydrogen) atoms. The topological polar surface area (TPSA) is 110 Å². The van der Waals surface area contributed by atoms with Gasteiger partial charge in [-0.25, -0.2) is 9.78 Å². The molecule has 0 aliphatic carbocycles. The first-order chi connectivity index (χ1) is 12.6. The third-order valence-electron chi connectivity index (χ3n) is 3.44. The lowest BCUT2D eigenvalue weighted by Crippen LogP contribution is -2.12. The number of rotatable bonds is 7. The zero-order valence-electron chi connectivity index (χ0n) is 14.2. The van der Waals surface area contributed by atoms with Crippen molar-refractivity contribution in [1.29, 1.82) is 0 Å². The van der Waals surface area contributed by atoms with E-state index in [1.807, 2.05) is 0 Å². The summed E-state index contributed by atoms with van der Waals surface area (Å²) in [6.07, 6.45) is 1.01.